The highest BCUT2D eigenvalue weighted by atomic mass is 16.6. The Balaban J connectivity index is 1.87. The van der Waals surface area contributed by atoms with Crippen molar-refractivity contribution in [2.24, 2.45) is 5.92 Å². The average molecular weight is 193 g/mol. The Labute approximate surface area is 86.2 Å². The quantitative estimate of drug-likeness (QED) is 0.632. The van der Waals surface area contributed by atoms with Gasteiger partial charge >= 0.3 is 0 Å². The first-order chi connectivity index (χ1) is 6.80. The maximum Gasteiger partial charge on any atom is 0.173 e. The molecule has 1 aliphatic carbocycles. The fraction of sp³-hybridized carbons (Fsp3) is 0.917. The summed E-state index contributed by atoms with van der Waals surface area (Å²) in [5.41, 5.74) is -0.00274. The maximum atomic E-state index is 8.81. The van der Waals surface area contributed by atoms with Crippen LogP contribution in [0.15, 0.2) is 0 Å². The van der Waals surface area contributed by atoms with Crippen LogP contribution >= 0.6 is 0 Å². The molecule has 3 atom stereocenters. The van der Waals surface area contributed by atoms with Crippen molar-refractivity contribution in [1.82, 2.24) is 0 Å². The van der Waals surface area contributed by atoms with Crippen molar-refractivity contribution >= 4 is 0 Å². The van der Waals surface area contributed by atoms with Gasteiger partial charge in [0.25, 0.3) is 0 Å². The third-order valence-electron chi connectivity index (χ3n) is 3.78. The molecule has 2 heteroatoms. The number of epoxide rings is 1. The van der Waals surface area contributed by atoms with Gasteiger partial charge in [0.15, 0.2) is 6.10 Å². The van der Waals surface area contributed by atoms with Crippen molar-refractivity contribution < 1.29 is 4.74 Å². The molecule has 0 radical (unpaired) electrons. The molecular weight excluding hydrogens is 174 g/mol. The lowest BCUT2D eigenvalue weighted by Crippen LogP contribution is -2.13. The number of rotatable bonds is 2. The van der Waals surface area contributed by atoms with Crippen molar-refractivity contribution in [2.45, 2.75) is 63.6 Å². The Morgan fingerprint density at radius 2 is 2.29 bits per heavy atom. The molecule has 1 saturated carbocycles. The lowest BCUT2D eigenvalue weighted by molar-refractivity contribution is 0.270. The molecule has 1 spiro atoms. The van der Waals surface area contributed by atoms with Crippen LogP contribution < -0.4 is 0 Å². The van der Waals surface area contributed by atoms with Gasteiger partial charge in [-0.05, 0) is 25.2 Å². The van der Waals surface area contributed by atoms with Gasteiger partial charge in [-0.15, -0.1) is 0 Å². The van der Waals surface area contributed by atoms with Gasteiger partial charge in [-0.3, -0.25) is 0 Å². The largest absolute Gasteiger partial charge is 0.350 e. The summed E-state index contributed by atoms with van der Waals surface area (Å²) in [5.74, 6) is 0.892. The zero-order valence-electron chi connectivity index (χ0n) is 8.96. The van der Waals surface area contributed by atoms with E-state index in [9.17, 15) is 0 Å². The van der Waals surface area contributed by atoms with Gasteiger partial charge in [0.2, 0.25) is 0 Å². The predicted octanol–water partition coefficient (Wildman–Crippen LogP) is 3.03. The normalized spacial score (nSPS) is 41.7. The molecule has 1 saturated heterocycles. The second kappa shape index (κ2) is 3.90. The number of nitriles is 1. The SMILES string of the molecule is CCCC1CCCC2(CC1)OC2C#N. The first-order valence-electron chi connectivity index (χ1n) is 5.88. The molecule has 2 nitrogen and oxygen atoms in total. The van der Waals surface area contributed by atoms with Crippen LogP contribution in [0, 0.1) is 17.2 Å². The van der Waals surface area contributed by atoms with Crippen LogP contribution in [0.3, 0.4) is 0 Å². The van der Waals surface area contributed by atoms with Gasteiger partial charge in [-0.2, -0.15) is 5.26 Å². The lowest BCUT2D eigenvalue weighted by atomic mass is 9.93. The van der Waals surface area contributed by atoms with E-state index in [1.54, 1.807) is 0 Å². The molecule has 0 N–H and O–H groups in total. The van der Waals surface area contributed by atoms with Crippen molar-refractivity contribution in [3.63, 3.8) is 0 Å². The molecule has 2 rings (SSSR count). The molecule has 78 valence electrons. The van der Waals surface area contributed by atoms with Crippen LogP contribution in [0.5, 0.6) is 0 Å². The molecule has 0 bridgehead atoms. The minimum Gasteiger partial charge on any atom is -0.350 e. The van der Waals surface area contributed by atoms with Crippen LogP contribution in [0.1, 0.15) is 51.9 Å². The summed E-state index contributed by atoms with van der Waals surface area (Å²) in [7, 11) is 0. The number of hydrogen-bond donors (Lipinski definition) is 0. The first-order valence-corrected chi connectivity index (χ1v) is 5.88. The van der Waals surface area contributed by atoms with Crippen LogP contribution in [0.2, 0.25) is 0 Å². The van der Waals surface area contributed by atoms with Crippen LogP contribution in [-0.4, -0.2) is 11.7 Å². The van der Waals surface area contributed by atoms with E-state index in [1.807, 2.05) is 0 Å². The summed E-state index contributed by atoms with van der Waals surface area (Å²) in [6.07, 6.45) is 8.67. The Kier molecular flexibility index (Phi) is 2.78. The number of nitrogens with zero attached hydrogens (tertiary/aromatic N) is 1. The van der Waals surface area contributed by atoms with E-state index >= 15 is 0 Å². The third-order valence-corrected chi connectivity index (χ3v) is 3.78. The van der Waals surface area contributed by atoms with E-state index in [1.165, 1.54) is 32.1 Å². The zero-order chi connectivity index (χ0) is 10.0. The maximum absolute atomic E-state index is 8.81. The van der Waals surface area contributed by atoms with E-state index in [2.05, 4.69) is 13.0 Å². The standard InChI is InChI=1S/C12H19NO/c1-2-4-10-5-3-7-12(8-6-10)11(9-13)14-12/h10-11H,2-8H2,1H3. The number of ether oxygens (including phenoxy) is 1. The summed E-state index contributed by atoms with van der Waals surface area (Å²) in [6.45, 7) is 2.26. The Morgan fingerprint density at radius 3 is 2.93 bits per heavy atom. The second-order valence-electron chi connectivity index (χ2n) is 4.78. The van der Waals surface area contributed by atoms with Gasteiger partial charge in [0, 0.05) is 0 Å². The Bertz CT molecular complexity index is 245. The Morgan fingerprint density at radius 1 is 1.43 bits per heavy atom. The minimum atomic E-state index is -0.0807. The predicted molar refractivity (Wildman–Crippen MR) is 54.7 cm³/mol. The molecular formula is C12H19NO. The molecule has 0 aromatic heterocycles. The summed E-state index contributed by atoms with van der Waals surface area (Å²) in [4.78, 5) is 0. The highest BCUT2D eigenvalue weighted by Gasteiger charge is 2.56. The third kappa shape index (κ3) is 1.79. The summed E-state index contributed by atoms with van der Waals surface area (Å²) >= 11 is 0. The monoisotopic (exact) mass is 193 g/mol. The minimum absolute atomic E-state index is 0.00274. The molecule has 1 aliphatic heterocycles. The highest BCUT2D eigenvalue weighted by Crippen LogP contribution is 2.48. The number of hydrogen-bond acceptors (Lipinski definition) is 2. The topological polar surface area (TPSA) is 36.3 Å². The van der Waals surface area contributed by atoms with E-state index < -0.39 is 0 Å². The fourth-order valence-corrected chi connectivity index (χ4v) is 2.83. The van der Waals surface area contributed by atoms with Gasteiger partial charge in [-0.25, -0.2) is 0 Å². The van der Waals surface area contributed by atoms with Gasteiger partial charge in [0.1, 0.15) is 5.60 Å². The zero-order valence-corrected chi connectivity index (χ0v) is 8.96. The molecule has 3 unspecified atom stereocenters. The van der Waals surface area contributed by atoms with E-state index in [0.717, 1.165) is 18.8 Å². The summed E-state index contributed by atoms with van der Waals surface area (Å²) in [5, 5.41) is 8.81. The van der Waals surface area contributed by atoms with E-state index in [0.29, 0.717) is 0 Å². The molecule has 2 fully saturated rings. The van der Waals surface area contributed by atoms with Crippen molar-refractivity contribution in [1.29, 1.82) is 5.26 Å². The molecule has 2 aliphatic rings. The molecule has 1 heterocycles. The summed E-state index contributed by atoms with van der Waals surface area (Å²) < 4.78 is 5.54. The Hall–Kier alpha value is -0.550. The molecule has 0 amide bonds. The van der Waals surface area contributed by atoms with Gasteiger partial charge in [0.05, 0.1) is 6.07 Å². The fourth-order valence-electron chi connectivity index (χ4n) is 2.83. The lowest BCUT2D eigenvalue weighted by Gasteiger charge is -2.11. The molecule has 14 heavy (non-hydrogen) atoms. The van der Waals surface area contributed by atoms with Crippen molar-refractivity contribution in [3.8, 4) is 6.07 Å². The van der Waals surface area contributed by atoms with Crippen molar-refractivity contribution in [3.05, 3.63) is 0 Å². The molecule has 0 aromatic rings. The average Bonchev–Trinajstić information content (AvgIpc) is 2.92. The smallest absolute Gasteiger partial charge is 0.173 e. The van der Waals surface area contributed by atoms with Crippen LogP contribution in [0.4, 0.5) is 0 Å². The van der Waals surface area contributed by atoms with Crippen LogP contribution in [-0.2, 0) is 4.74 Å². The van der Waals surface area contributed by atoms with Crippen molar-refractivity contribution in [2.75, 3.05) is 0 Å². The van der Waals surface area contributed by atoms with Gasteiger partial charge in [-0.1, -0.05) is 32.6 Å². The van der Waals surface area contributed by atoms with Gasteiger partial charge < -0.3 is 4.74 Å². The molecule has 0 aromatic carbocycles. The second-order valence-corrected chi connectivity index (χ2v) is 4.78. The highest BCUT2D eigenvalue weighted by molar-refractivity contribution is 5.14. The van der Waals surface area contributed by atoms with E-state index in [4.69, 9.17) is 10.00 Å². The van der Waals surface area contributed by atoms with E-state index in [-0.39, 0.29) is 11.7 Å². The first kappa shape index (κ1) is 9.98. The van der Waals surface area contributed by atoms with Crippen LogP contribution in [0.25, 0.3) is 0 Å². The summed E-state index contributed by atoms with van der Waals surface area (Å²) in [6, 6.07) is 2.25.